The largest absolute Gasteiger partial charge is 0.496 e. The van der Waals surface area contributed by atoms with Gasteiger partial charge in [-0.05, 0) is 37.5 Å². The van der Waals surface area contributed by atoms with Gasteiger partial charge < -0.3 is 15.2 Å². The van der Waals surface area contributed by atoms with E-state index in [4.69, 9.17) is 4.74 Å². The molecule has 4 rings (SSSR count). The SMILES string of the molecule is COc1ccccc1C1C2CCCCC2(O)CCN1CC(=O)Nc1ccc([N+](=O)[O-])cc1. The molecule has 2 aromatic rings. The van der Waals surface area contributed by atoms with Crippen molar-refractivity contribution in [2.75, 3.05) is 25.5 Å². The van der Waals surface area contributed by atoms with Crippen LogP contribution in [0.3, 0.4) is 0 Å². The molecule has 2 N–H and O–H groups in total. The quantitative estimate of drug-likeness (QED) is 0.522. The van der Waals surface area contributed by atoms with Crippen molar-refractivity contribution in [3.05, 3.63) is 64.2 Å². The number of nitro groups is 1. The highest BCUT2D eigenvalue weighted by Crippen LogP contribution is 2.50. The number of aliphatic hydroxyl groups is 1. The summed E-state index contributed by atoms with van der Waals surface area (Å²) in [4.78, 5) is 25.4. The molecule has 2 aromatic carbocycles. The van der Waals surface area contributed by atoms with E-state index in [0.717, 1.165) is 37.0 Å². The van der Waals surface area contributed by atoms with Gasteiger partial charge in [0.1, 0.15) is 5.75 Å². The minimum atomic E-state index is -0.727. The molecule has 0 spiro atoms. The highest BCUT2D eigenvalue weighted by atomic mass is 16.6. The minimum Gasteiger partial charge on any atom is -0.496 e. The zero-order chi connectivity index (χ0) is 22.7. The number of non-ortho nitro benzene ring substituents is 1. The summed E-state index contributed by atoms with van der Waals surface area (Å²) in [5.74, 6) is 0.585. The molecule has 2 fully saturated rings. The number of benzene rings is 2. The van der Waals surface area contributed by atoms with E-state index < -0.39 is 10.5 Å². The third-order valence-corrected chi connectivity index (χ3v) is 6.84. The number of carbonyl (C=O) groups is 1. The van der Waals surface area contributed by atoms with Crippen LogP contribution in [-0.4, -0.2) is 46.6 Å². The average molecular weight is 440 g/mol. The second kappa shape index (κ2) is 9.26. The number of anilines is 1. The van der Waals surface area contributed by atoms with Crippen LogP contribution in [0.25, 0.3) is 0 Å². The smallest absolute Gasteiger partial charge is 0.269 e. The molecule has 1 aliphatic carbocycles. The average Bonchev–Trinajstić information content (AvgIpc) is 2.79. The highest BCUT2D eigenvalue weighted by molar-refractivity contribution is 5.92. The molecule has 1 saturated heterocycles. The van der Waals surface area contributed by atoms with E-state index >= 15 is 0 Å². The topological polar surface area (TPSA) is 105 Å². The van der Waals surface area contributed by atoms with Crippen molar-refractivity contribution < 1.29 is 19.6 Å². The molecular formula is C24H29N3O5. The van der Waals surface area contributed by atoms with Gasteiger partial charge in [0.05, 0.1) is 24.2 Å². The van der Waals surface area contributed by atoms with Gasteiger partial charge >= 0.3 is 0 Å². The predicted molar refractivity (Wildman–Crippen MR) is 121 cm³/mol. The first-order valence-electron chi connectivity index (χ1n) is 11.0. The standard InChI is InChI=1S/C24H29N3O5/c1-32-21-8-3-2-6-19(21)23-20-7-4-5-13-24(20,29)14-15-26(23)16-22(28)25-17-9-11-18(12-10-17)27(30)31/h2-3,6,8-12,20,23,29H,4-5,7,13-16H2,1H3,(H,25,28). The van der Waals surface area contributed by atoms with Gasteiger partial charge in [-0.1, -0.05) is 31.0 Å². The Labute approximate surface area is 187 Å². The lowest BCUT2D eigenvalue weighted by Gasteiger charge is -2.52. The summed E-state index contributed by atoms with van der Waals surface area (Å²) in [6.45, 7) is 0.760. The third-order valence-electron chi connectivity index (χ3n) is 6.84. The van der Waals surface area contributed by atoms with Crippen molar-refractivity contribution in [1.29, 1.82) is 0 Å². The number of nitrogens with zero attached hydrogens (tertiary/aromatic N) is 2. The fourth-order valence-electron chi connectivity index (χ4n) is 5.30. The molecule has 2 aliphatic rings. The maximum Gasteiger partial charge on any atom is 0.269 e. The first-order chi connectivity index (χ1) is 15.4. The van der Waals surface area contributed by atoms with Gasteiger partial charge in [-0.25, -0.2) is 0 Å². The summed E-state index contributed by atoms with van der Waals surface area (Å²) in [5.41, 5.74) is 0.755. The maximum absolute atomic E-state index is 12.9. The number of hydrogen-bond donors (Lipinski definition) is 2. The van der Waals surface area contributed by atoms with Gasteiger partial charge in [0, 0.05) is 41.9 Å². The summed E-state index contributed by atoms with van der Waals surface area (Å²) in [5, 5.41) is 25.1. The van der Waals surface area contributed by atoms with E-state index in [1.807, 2.05) is 24.3 Å². The summed E-state index contributed by atoms with van der Waals surface area (Å²) in [7, 11) is 1.64. The van der Waals surface area contributed by atoms with Gasteiger partial charge in [0.2, 0.25) is 5.91 Å². The number of carbonyl (C=O) groups excluding carboxylic acids is 1. The van der Waals surface area contributed by atoms with Crippen LogP contribution in [0.15, 0.2) is 48.5 Å². The fourth-order valence-corrected chi connectivity index (χ4v) is 5.30. The molecule has 0 bridgehead atoms. The Bertz CT molecular complexity index is 980. The van der Waals surface area contributed by atoms with E-state index in [-0.39, 0.29) is 30.1 Å². The number of amides is 1. The molecule has 1 aliphatic heterocycles. The summed E-state index contributed by atoms with van der Waals surface area (Å²) >= 11 is 0. The minimum absolute atomic E-state index is 0.0214. The molecule has 1 amide bonds. The van der Waals surface area contributed by atoms with Crippen molar-refractivity contribution in [1.82, 2.24) is 4.90 Å². The molecule has 0 radical (unpaired) electrons. The van der Waals surface area contributed by atoms with E-state index in [1.54, 1.807) is 7.11 Å². The van der Waals surface area contributed by atoms with Crippen LogP contribution in [0.4, 0.5) is 11.4 Å². The number of likely N-dealkylation sites (tertiary alicyclic amines) is 1. The molecule has 8 nitrogen and oxygen atoms in total. The highest BCUT2D eigenvalue weighted by Gasteiger charge is 2.49. The van der Waals surface area contributed by atoms with Gasteiger partial charge in [-0.3, -0.25) is 19.8 Å². The first kappa shape index (κ1) is 22.2. The number of para-hydroxylation sites is 1. The molecule has 170 valence electrons. The Balaban J connectivity index is 1.57. The Morgan fingerprint density at radius 1 is 1.22 bits per heavy atom. The number of nitro benzene ring substituents is 1. The number of nitrogens with one attached hydrogen (secondary N) is 1. The monoisotopic (exact) mass is 439 g/mol. The second-order valence-electron chi connectivity index (χ2n) is 8.72. The third kappa shape index (κ3) is 4.47. The van der Waals surface area contributed by atoms with Gasteiger partial charge in [0.15, 0.2) is 0 Å². The van der Waals surface area contributed by atoms with Crippen LogP contribution in [0.5, 0.6) is 5.75 Å². The van der Waals surface area contributed by atoms with Crippen LogP contribution >= 0.6 is 0 Å². The van der Waals surface area contributed by atoms with Crippen LogP contribution < -0.4 is 10.1 Å². The summed E-state index contributed by atoms with van der Waals surface area (Å²) in [6, 6.07) is 13.5. The molecule has 3 unspecified atom stereocenters. The molecule has 32 heavy (non-hydrogen) atoms. The number of methoxy groups -OCH3 is 1. The van der Waals surface area contributed by atoms with Crippen molar-refractivity contribution in [3.63, 3.8) is 0 Å². The van der Waals surface area contributed by atoms with Crippen LogP contribution in [0, 0.1) is 16.0 Å². The second-order valence-corrected chi connectivity index (χ2v) is 8.72. The zero-order valence-electron chi connectivity index (χ0n) is 18.2. The lowest BCUT2D eigenvalue weighted by atomic mass is 9.66. The number of hydrogen-bond acceptors (Lipinski definition) is 6. The number of piperidine rings is 1. The number of rotatable bonds is 6. The van der Waals surface area contributed by atoms with E-state index in [0.29, 0.717) is 18.7 Å². The Morgan fingerprint density at radius 3 is 2.69 bits per heavy atom. The lowest BCUT2D eigenvalue weighted by molar-refractivity contribution is -0.384. The first-order valence-corrected chi connectivity index (χ1v) is 11.0. The zero-order valence-corrected chi connectivity index (χ0v) is 18.2. The van der Waals surface area contributed by atoms with Gasteiger partial charge in [-0.2, -0.15) is 0 Å². The van der Waals surface area contributed by atoms with Crippen molar-refractivity contribution in [3.8, 4) is 5.75 Å². The molecule has 8 heteroatoms. The Kier molecular flexibility index (Phi) is 6.43. The maximum atomic E-state index is 12.9. The van der Waals surface area contributed by atoms with Gasteiger partial charge in [0.25, 0.3) is 5.69 Å². The summed E-state index contributed by atoms with van der Waals surface area (Å²) < 4.78 is 5.63. The van der Waals surface area contributed by atoms with Crippen molar-refractivity contribution >= 4 is 17.3 Å². The molecule has 1 saturated carbocycles. The van der Waals surface area contributed by atoms with E-state index in [2.05, 4.69) is 10.2 Å². The lowest BCUT2D eigenvalue weighted by Crippen LogP contribution is -2.56. The number of ether oxygens (including phenoxy) is 1. The van der Waals surface area contributed by atoms with Crippen LogP contribution in [-0.2, 0) is 4.79 Å². The van der Waals surface area contributed by atoms with Gasteiger partial charge in [-0.15, -0.1) is 0 Å². The Hall–Kier alpha value is -2.97. The van der Waals surface area contributed by atoms with Crippen LogP contribution in [0.1, 0.15) is 43.7 Å². The Morgan fingerprint density at radius 2 is 1.97 bits per heavy atom. The number of fused-ring (bicyclic) bond motifs is 1. The van der Waals surface area contributed by atoms with E-state index in [9.17, 15) is 20.0 Å². The predicted octanol–water partition coefficient (Wildman–Crippen LogP) is 3.91. The fraction of sp³-hybridized carbons (Fsp3) is 0.458. The summed E-state index contributed by atoms with van der Waals surface area (Å²) in [6.07, 6.45) is 4.40. The van der Waals surface area contributed by atoms with Crippen molar-refractivity contribution in [2.45, 2.75) is 43.7 Å². The van der Waals surface area contributed by atoms with E-state index in [1.165, 1.54) is 24.3 Å². The molecule has 0 aromatic heterocycles. The molecule has 3 atom stereocenters. The molecular weight excluding hydrogens is 410 g/mol. The van der Waals surface area contributed by atoms with Crippen molar-refractivity contribution in [2.24, 2.45) is 5.92 Å². The normalized spacial score (nSPS) is 25.6. The molecule has 1 heterocycles. The van der Waals surface area contributed by atoms with Crippen LogP contribution in [0.2, 0.25) is 0 Å².